The fourth-order valence-corrected chi connectivity index (χ4v) is 3.55. The number of hydrazone groups is 1. The minimum atomic E-state index is 0.124. The van der Waals surface area contributed by atoms with Gasteiger partial charge in [-0.1, -0.05) is 20.8 Å². The highest BCUT2D eigenvalue weighted by atomic mass is 15.3. The van der Waals surface area contributed by atoms with Crippen molar-refractivity contribution in [2.24, 2.45) is 33.3 Å². The summed E-state index contributed by atoms with van der Waals surface area (Å²) in [4.78, 5) is 0. The number of nitrogens with one attached hydrogen (secondary N) is 1. The average Bonchev–Trinajstić information content (AvgIpc) is 2.46. The molecule has 2 saturated carbocycles. The molecule has 3 atom stereocenters. The Bertz CT molecular complexity index is 293. The fraction of sp³-hybridized carbons (Fsp3) is 0.909. The summed E-state index contributed by atoms with van der Waals surface area (Å²) in [5.74, 6) is 0.938. The first-order valence-corrected chi connectivity index (χ1v) is 5.72. The van der Waals surface area contributed by atoms with E-state index in [4.69, 9.17) is 11.5 Å². The molecular weight excluding hydrogens is 188 g/mol. The zero-order valence-corrected chi connectivity index (χ0v) is 9.88. The van der Waals surface area contributed by atoms with E-state index in [1.807, 2.05) is 0 Å². The molecule has 0 radical (unpaired) electrons. The van der Waals surface area contributed by atoms with Gasteiger partial charge in [-0.05, 0) is 36.0 Å². The van der Waals surface area contributed by atoms with Gasteiger partial charge in [0.1, 0.15) is 0 Å². The van der Waals surface area contributed by atoms with Crippen LogP contribution < -0.4 is 16.9 Å². The zero-order chi connectivity index (χ0) is 11.3. The molecule has 2 bridgehead atoms. The molecule has 2 fully saturated rings. The molecule has 0 spiro atoms. The van der Waals surface area contributed by atoms with E-state index in [0.29, 0.717) is 16.9 Å². The van der Waals surface area contributed by atoms with Gasteiger partial charge in [-0.2, -0.15) is 0 Å². The molecule has 4 nitrogen and oxygen atoms in total. The normalized spacial score (nSPS) is 41.5. The van der Waals surface area contributed by atoms with Crippen molar-refractivity contribution in [3.63, 3.8) is 0 Å². The third kappa shape index (κ3) is 1.30. The molecular formula is C11H22N4. The van der Waals surface area contributed by atoms with Crippen LogP contribution in [-0.4, -0.2) is 12.0 Å². The van der Waals surface area contributed by atoms with Gasteiger partial charge in [-0.3, -0.25) is 0 Å². The maximum absolute atomic E-state index is 5.34. The lowest BCUT2D eigenvalue weighted by Crippen LogP contribution is -2.43. The summed E-state index contributed by atoms with van der Waals surface area (Å²) in [7, 11) is 0. The molecule has 0 aromatic heterocycles. The predicted octanol–water partition coefficient (Wildman–Crippen LogP) is 0.979. The van der Waals surface area contributed by atoms with Crippen molar-refractivity contribution in [3.8, 4) is 0 Å². The van der Waals surface area contributed by atoms with E-state index in [9.17, 15) is 0 Å². The molecule has 0 aliphatic heterocycles. The highest BCUT2D eigenvalue weighted by molar-refractivity contribution is 5.75. The Morgan fingerprint density at radius 1 is 1.33 bits per heavy atom. The van der Waals surface area contributed by atoms with Gasteiger partial charge >= 0.3 is 0 Å². The van der Waals surface area contributed by atoms with Crippen LogP contribution in [0.3, 0.4) is 0 Å². The van der Waals surface area contributed by atoms with Crippen LogP contribution in [0.15, 0.2) is 5.10 Å². The second kappa shape index (κ2) is 3.03. The number of nitrogens with two attached hydrogens (primary N) is 2. The van der Waals surface area contributed by atoms with Gasteiger partial charge in [-0.25, -0.2) is 0 Å². The van der Waals surface area contributed by atoms with Crippen molar-refractivity contribution >= 4 is 5.96 Å². The van der Waals surface area contributed by atoms with Gasteiger partial charge in [0.2, 0.25) is 5.96 Å². The zero-order valence-electron chi connectivity index (χ0n) is 9.88. The van der Waals surface area contributed by atoms with Gasteiger partial charge in [0.05, 0.1) is 6.04 Å². The first kappa shape index (κ1) is 10.6. The summed E-state index contributed by atoms with van der Waals surface area (Å²) in [6.45, 7) is 7.11. The summed E-state index contributed by atoms with van der Waals surface area (Å²) >= 11 is 0. The Labute approximate surface area is 91.5 Å². The van der Waals surface area contributed by atoms with Gasteiger partial charge in [0, 0.05) is 0 Å². The standard InChI is InChI=1S/C11H22N4/c1-10(2)7-4-5-11(10,3)8(6-7)14-15-9(12)13/h7-8,14H,4-6H2,1-3H3,(H4,12,13,15). The van der Waals surface area contributed by atoms with Crippen LogP contribution in [0.2, 0.25) is 0 Å². The summed E-state index contributed by atoms with van der Waals surface area (Å²) in [5.41, 5.74) is 14.6. The van der Waals surface area contributed by atoms with Crippen LogP contribution in [0.25, 0.3) is 0 Å². The topological polar surface area (TPSA) is 76.4 Å². The summed E-state index contributed by atoms with van der Waals surface area (Å²) in [5, 5.41) is 3.96. The number of fused-ring (bicyclic) bond motifs is 2. The Balaban J connectivity index is 2.16. The molecule has 2 aliphatic carbocycles. The Morgan fingerprint density at radius 2 is 2.00 bits per heavy atom. The predicted molar refractivity (Wildman–Crippen MR) is 62.0 cm³/mol. The second-order valence-corrected chi connectivity index (χ2v) is 5.83. The largest absolute Gasteiger partial charge is 0.369 e. The maximum Gasteiger partial charge on any atom is 0.208 e. The van der Waals surface area contributed by atoms with E-state index in [0.717, 1.165) is 5.92 Å². The molecule has 0 aromatic rings. The van der Waals surface area contributed by atoms with Crippen molar-refractivity contribution in [1.82, 2.24) is 5.43 Å². The monoisotopic (exact) mass is 210 g/mol. The quantitative estimate of drug-likeness (QED) is 0.361. The summed E-state index contributed by atoms with van der Waals surface area (Å²) in [6.07, 6.45) is 3.83. The number of hydrogen-bond donors (Lipinski definition) is 3. The van der Waals surface area contributed by atoms with Crippen LogP contribution in [0, 0.1) is 16.7 Å². The van der Waals surface area contributed by atoms with Gasteiger partial charge < -0.3 is 16.9 Å². The molecule has 2 aliphatic rings. The van der Waals surface area contributed by atoms with E-state index in [2.05, 4.69) is 31.3 Å². The van der Waals surface area contributed by atoms with E-state index in [-0.39, 0.29) is 5.96 Å². The average molecular weight is 210 g/mol. The van der Waals surface area contributed by atoms with Crippen molar-refractivity contribution in [1.29, 1.82) is 0 Å². The molecule has 4 heteroatoms. The summed E-state index contributed by atoms with van der Waals surface area (Å²) in [6, 6.07) is 0.424. The first-order valence-electron chi connectivity index (χ1n) is 5.72. The van der Waals surface area contributed by atoms with Gasteiger partial charge in [-0.15, -0.1) is 5.10 Å². The number of rotatable bonds is 2. The van der Waals surface area contributed by atoms with Crippen LogP contribution >= 0.6 is 0 Å². The molecule has 15 heavy (non-hydrogen) atoms. The molecule has 5 N–H and O–H groups in total. The number of guanidine groups is 1. The molecule has 0 aromatic carbocycles. The van der Waals surface area contributed by atoms with Crippen LogP contribution in [0.4, 0.5) is 0 Å². The Morgan fingerprint density at radius 3 is 2.40 bits per heavy atom. The van der Waals surface area contributed by atoms with Crippen LogP contribution in [0.1, 0.15) is 40.0 Å². The van der Waals surface area contributed by atoms with E-state index < -0.39 is 0 Å². The third-order valence-electron chi connectivity index (χ3n) is 5.14. The lowest BCUT2D eigenvalue weighted by molar-refractivity contribution is 0.122. The van der Waals surface area contributed by atoms with Crippen molar-refractivity contribution in [2.75, 3.05) is 0 Å². The molecule has 3 unspecified atom stereocenters. The molecule has 0 saturated heterocycles. The summed E-state index contributed by atoms with van der Waals surface area (Å²) < 4.78 is 0. The second-order valence-electron chi connectivity index (χ2n) is 5.83. The third-order valence-corrected chi connectivity index (χ3v) is 5.14. The SMILES string of the molecule is CC1(C)C2CCC1(C)C(NN=C(N)N)C2. The van der Waals surface area contributed by atoms with Crippen LogP contribution in [-0.2, 0) is 0 Å². The lowest BCUT2D eigenvalue weighted by Gasteiger charge is -2.38. The minimum Gasteiger partial charge on any atom is -0.369 e. The fourth-order valence-electron chi connectivity index (χ4n) is 3.55. The minimum absolute atomic E-state index is 0.124. The van der Waals surface area contributed by atoms with Crippen LogP contribution in [0.5, 0.6) is 0 Å². The lowest BCUT2D eigenvalue weighted by atomic mass is 9.69. The van der Waals surface area contributed by atoms with E-state index in [1.165, 1.54) is 19.3 Å². The first-order chi connectivity index (χ1) is 6.88. The van der Waals surface area contributed by atoms with Crippen molar-refractivity contribution < 1.29 is 0 Å². The highest BCUT2D eigenvalue weighted by Crippen LogP contribution is 2.65. The molecule has 2 rings (SSSR count). The highest BCUT2D eigenvalue weighted by Gasteiger charge is 2.61. The number of nitrogens with zero attached hydrogens (tertiary/aromatic N) is 1. The Kier molecular flexibility index (Phi) is 2.14. The molecule has 86 valence electrons. The maximum atomic E-state index is 5.34. The molecule has 0 amide bonds. The number of hydrogen-bond acceptors (Lipinski definition) is 2. The van der Waals surface area contributed by atoms with Gasteiger partial charge in [0.15, 0.2) is 0 Å². The van der Waals surface area contributed by atoms with E-state index >= 15 is 0 Å². The molecule has 0 heterocycles. The van der Waals surface area contributed by atoms with Crippen molar-refractivity contribution in [2.45, 2.75) is 46.1 Å². The Hall–Kier alpha value is -0.930. The van der Waals surface area contributed by atoms with Crippen molar-refractivity contribution in [3.05, 3.63) is 0 Å². The van der Waals surface area contributed by atoms with E-state index in [1.54, 1.807) is 0 Å². The van der Waals surface area contributed by atoms with Gasteiger partial charge in [0.25, 0.3) is 0 Å². The smallest absolute Gasteiger partial charge is 0.208 e.